The minimum Gasteiger partial charge on any atom is -0.490 e. The van der Waals surface area contributed by atoms with E-state index in [-0.39, 0.29) is 18.6 Å². The number of hydrogen-bond acceptors (Lipinski definition) is 5. The van der Waals surface area contributed by atoms with Crippen molar-refractivity contribution >= 4 is 33.6 Å². The fraction of sp³-hybridized carbons (Fsp3) is 0.250. The second-order valence-electron chi connectivity index (χ2n) is 6.02. The summed E-state index contributed by atoms with van der Waals surface area (Å²) < 4.78 is 11.7. The predicted octanol–water partition coefficient (Wildman–Crippen LogP) is 3.47. The summed E-state index contributed by atoms with van der Waals surface area (Å²) in [7, 11) is 0. The molecule has 0 aliphatic rings. The molecule has 1 atom stereocenters. The van der Waals surface area contributed by atoms with Gasteiger partial charge in [-0.1, -0.05) is 12.1 Å². The summed E-state index contributed by atoms with van der Waals surface area (Å²) in [5.41, 5.74) is 6.91. The van der Waals surface area contributed by atoms with Gasteiger partial charge in [0.15, 0.2) is 18.1 Å². The molecule has 152 valence electrons. The molecule has 1 unspecified atom stereocenters. The van der Waals surface area contributed by atoms with Gasteiger partial charge >= 0.3 is 6.03 Å². The molecule has 8 nitrogen and oxygen atoms in total. The molecule has 0 aliphatic carbocycles. The Morgan fingerprint density at radius 3 is 2.52 bits per heavy atom. The van der Waals surface area contributed by atoms with Crippen LogP contribution in [0.3, 0.4) is 0 Å². The third kappa shape index (κ3) is 6.40. The maximum Gasteiger partial charge on any atom is 0.316 e. The maximum atomic E-state index is 12.3. The van der Waals surface area contributed by atoms with Gasteiger partial charge < -0.3 is 25.8 Å². The lowest BCUT2D eigenvalue weighted by Gasteiger charge is -2.17. The van der Waals surface area contributed by atoms with Crippen molar-refractivity contribution in [2.75, 3.05) is 18.5 Å². The van der Waals surface area contributed by atoms with E-state index >= 15 is 0 Å². The first-order valence-corrected chi connectivity index (χ1v) is 9.58. The lowest BCUT2D eigenvalue weighted by Crippen LogP contribution is -2.31. The Balaban J connectivity index is 1.99. The number of nitrogens with one attached hydrogen (secondary N) is 2. The summed E-state index contributed by atoms with van der Waals surface area (Å²) in [5, 5.41) is 14.4. The minimum atomic E-state index is -0.642. The van der Waals surface area contributed by atoms with E-state index in [1.165, 1.54) is 0 Å². The van der Waals surface area contributed by atoms with Gasteiger partial charge in [-0.25, -0.2) is 4.79 Å². The second kappa shape index (κ2) is 10.3. The van der Waals surface area contributed by atoms with E-state index in [1.54, 1.807) is 36.4 Å². The van der Waals surface area contributed by atoms with E-state index in [1.807, 2.05) is 19.9 Å². The zero-order valence-corrected chi connectivity index (χ0v) is 17.6. The zero-order chi connectivity index (χ0) is 21.4. The first-order chi connectivity index (χ1) is 13.8. The highest BCUT2D eigenvalue weighted by Crippen LogP contribution is 2.36. The van der Waals surface area contributed by atoms with E-state index in [9.17, 15) is 9.59 Å². The molecule has 4 N–H and O–H groups in total. The molecule has 0 aromatic heterocycles. The number of halogens is 1. The third-order valence-corrected chi connectivity index (χ3v) is 4.43. The van der Waals surface area contributed by atoms with E-state index in [4.69, 9.17) is 20.5 Å². The molecule has 0 bridgehead atoms. The van der Waals surface area contributed by atoms with E-state index in [2.05, 4.69) is 26.6 Å². The first-order valence-electron chi connectivity index (χ1n) is 8.79. The van der Waals surface area contributed by atoms with Crippen LogP contribution in [0.5, 0.6) is 11.5 Å². The molecule has 9 heteroatoms. The molecular formula is C20H21BrN4O4. The highest BCUT2D eigenvalue weighted by atomic mass is 79.9. The van der Waals surface area contributed by atoms with Crippen molar-refractivity contribution in [2.24, 2.45) is 5.73 Å². The van der Waals surface area contributed by atoms with Gasteiger partial charge in [0.2, 0.25) is 0 Å². The molecule has 3 amide bonds. The topological polar surface area (TPSA) is 126 Å². The summed E-state index contributed by atoms with van der Waals surface area (Å²) in [6.45, 7) is 3.81. The van der Waals surface area contributed by atoms with Crippen LogP contribution in [0.15, 0.2) is 40.9 Å². The molecule has 2 rings (SSSR count). The van der Waals surface area contributed by atoms with Crippen molar-refractivity contribution in [1.82, 2.24) is 5.32 Å². The van der Waals surface area contributed by atoms with Gasteiger partial charge in [-0.2, -0.15) is 5.26 Å². The van der Waals surface area contributed by atoms with Crippen LogP contribution >= 0.6 is 15.9 Å². The molecule has 0 saturated carbocycles. The lowest BCUT2D eigenvalue weighted by molar-refractivity contribution is -0.123. The smallest absolute Gasteiger partial charge is 0.316 e. The van der Waals surface area contributed by atoms with Gasteiger partial charge in [0.25, 0.3) is 5.91 Å². The van der Waals surface area contributed by atoms with Crippen LogP contribution in [-0.4, -0.2) is 25.2 Å². The summed E-state index contributed by atoms with van der Waals surface area (Å²) in [4.78, 5) is 23.2. The monoisotopic (exact) mass is 460 g/mol. The van der Waals surface area contributed by atoms with Gasteiger partial charge in [-0.15, -0.1) is 0 Å². The highest BCUT2D eigenvalue weighted by molar-refractivity contribution is 9.10. The van der Waals surface area contributed by atoms with E-state index in [0.29, 0.717) is 33.8 Å². The fourth-order valence-electron chi connectivity index (χ4n) is 2.54. The lowest BCUT2D eigenvalue weighted by atomic mass is 10.1. The van der Waals surface area contributed by atoms with Crippen molar-refractivity contribution in [2.45, 2.75) is 19.9 Å². The molecule has 0 heterocycles. The van der Waals surface area contributed by atoms with E-state index in [0.717, 1.165) is 5.56 Å². The minimum absolute atomic E-state index is 0.226. The van der Waals surface area contributed by atoms with Crippen LogP contribution in [0.2, 0.25) is 0 Å². The first kappa shape index (κ1) is 22.0. The van der Waals surface area contributed by atoms with Gasteiger partial charge in [0.05, 0.1) is 28.8 Å². The number of rotatable bonds is 8. The fourth-order valence-corrected chi connectivity index (χ4v) is 3.09. The van der Waals surface area contributed by atoms with Crippen LogP contribution in [0.25, 0.3) is 0 Å². The van der Waals surface area contributed by atoms with Crippen LogP contribution in [0.1, 0.15) is 31.0 Å². The molecule has 0 aliphatic heterocycles. The van der Waals surface area contributed by atoms with Crippen LogP contribution in [-0.2, 0) is 4.79 Å². The molecule has 0 spiro atoms. The number of nitrogens with two attached hydrogens (primary N) is 1. The summed E-state index contributed by atoms with van der Waals surface area (Å²) >= 11 is 3.34. The number of carbonyl (C=O) groups is 2. The van der Waals surface area contributed by atoms with Crippen LogP contribution < -0.4 is 25.8 Å². The molecule has 29 heavy (non-hydrogen) atoms. The Kier molecular flexibility index (Phi) is 7.86. The summed E-state index contributed by atoms with van der Waals surface area (Å²) in [5.74, 6) is 0.419. The molecule has 2 aromatic carbocycles. The van der Waals surface area contributed by atoms with Gasteiger partial charge in [-0.05, 0) is 53.5 Å². The number of benzene rings is 2. The molecule has 0 saturated heterocycles. The number of nitrogens with zero attached hydrogens (tertiary/aromatic N) is 1. The normalized spacial score (nSPS) is 11.1. The maximum absolute atomic E-state index is 12.3. The average molecular weight is 461 g/mol. The highest BCUT2D eigenvalue weighted by Gasteiger charge is 2.15. The van der Waals surface area contributed by atoms with Crippen molar-refractivity contribution in [3.8, 4) is 17.6 Å². The van der Waals surface area contributed by atoms with Crippen molar-refractivity contribution in [3.63, 3.8) is 0 Å². The van der Waals surface area contributed by atoms with E-state index < -0.39 is 6.03 Å². The zero-order valence-electron chi connectivity index (χ0n) is 16.0. The molecule has 0 radical (unpaired) electrons. The Labute approximate surface area is 177 Å². The number of anilines is 1. The number of carbonyl (C=O) groups excluding carboxylic acids is 2. The summed E-state index contributed by atoms with van der Waals surface area (Å²) in [6.07, 6.45) is 0. The molecule has 0 fully saturated rings. The third-order valence-electron chi connectivity index (χ3n) is 3.84. The Bertz CT molecular complexity index is 925. The number of urea groups is 1. The predicted molar refractivity (Wildman–Crippen MR) is 112 cm³/mol. The Morgan fingerprint density at radius 1 is 1.24 bits per heavy atom. The van der Waals surface area contributed by atoms with Gasteiger partial charge in [0.1, 0.15) is 0 Å². The van der Waals surface area contributed by atoms with Gasteiger partial charge in [0, 0.05) is 11.8 Å². The number of ether oxygens (including phenoxy) is 2. The summed E-state index contributed by atoms with van der Waals surface area (Å²) in [6, 6.07) is 11.2. The SMILES string of the molecule is CCOc1cc(C#N)cc(Br)c1OCC(=O)NC(C)c1ccc(NC(N)=O)cc1. The molecule has 2 aromatic rings. The standard InChI is InChI=1S/C20H21BrN4O4/c1-3-28-17-9-13(10-22)8-16(21)19(17)29-11-18(26)24-12(2)14-4-6-15(7-5-14)25-20(23)27/h4-9,12H,3,11H2,1-2H3,(H,24,26)(H3,23,25,27). The number of amides is 3. The molecular weight excluding hydrogens is 440 g/mol. The quantitative estimate of drug-likeness (QED) is 0.555. The second-order valence-corrected chi connectivity index (χ2v) is 6.87. The number of primary amides is 1. The van der Waals surface area contributed by atoms with Gasteiger partial charge in [-0.3, -0.25) is 4.79 Å². The van der Waals surface area contributed by atoms with Crippen molar-refractivity contribution < 1.29 is 19.1 Å². The van der Waals surface area contributed by atoms with Crippen molar-refractivity contribution in [1.29, 1.82) is 5.26 Å². The van der Waals surface area contributed by atoms with Crippen LogP contribution in [0, 0.1) is 11.3 Å². The Hall–Kier alpha value is -3.25. The van der Waals surface area contributed by atoms with Crippen molar-refractivity contribution in [3.05, 3.63) is 52.0 Å². The number of nitriles is 1. The number of hydrogen-bond donors (Lipinski definition) is 3. The average Bonchev–Trinajstić information content (AvgIpc) is 2.67. The largest absolute Gasteiger partial charge is 0.490 e. The van der Waals surface area contributed by atoms with Crippen LogP contribution in [0.4, 0.5) is 10.5 Å². The Morgan fingerprint density at radius 2 is 1.93 bits per heavy atom.